The molecule has 0 fully saturated rings. The minimum atomic E-state index is -0.985. The zero-order chi connectivity index (χ0) is 13.4. The molecule has 2 aromatic rings. The number of thiophene rings is 1. The van der Waals surface area contributed by atoms with E-state index in [9.17, 15) is 4.79 Å². The van der Waals surface area contributed by atoms with Gasteiger partial charge in [-0.3, -0.25) is 0 Å². The molecule has 0 saturated heterocycles. The summed E-state index contributed by atoms with van der Waals surface area (Å²) < 4.78 is 1.85. The van der Waals surface area contributed by atoms with Crippen molar-refractivity contribution in [3.05, 3.63) is 37.6 Å². The van der Waals surface area contributed by atoms with Crippen LogP contribution in [-0.4, -0.2) is 11.1 Å². The van der Waals surface area contributed by atoms with Crippen molar-refractivity contribution in [1.29, 1.82) is 0 Å². The summed E-state index contributed by atoms with van der Waals surface area (Å²) in [5.74, 6) is -0.985. The van der Waals surface area contributed by atoms with Crippen molar-refractivity contribution in [3.8, 4) is 10.4 Å². The van der Waals surface area contributed by atoms with Gasteiger partial charge >= 0.3 is 5.97 Å². The second kappa shape index (κ2) is 5.03. The van der Waals surface area contributed by atoms with Crippen molar-refractivity contribution >= 4 is 54.9 Å². The van der Waals surface area contributed by atoms with E-state index >= 15 is 0 Å². The second-order valence-corrected chi connectivity index (χ2v) is 6.61. The first-order valence-corrected chi connectivity index (χ1v) is 7.39. The maximum Gasteiger partial charge on any atom is 0.348 e. The summed E-state index contributed by atoms with van der Waals surface area (Å²) in [6, 6.07) is 5.80. The van der Waals surface area contributed by atoms with E-state index in [1.165, 1.54) is 11.3 Å². The fourth-order valence-electron chi connectivity index (χ4n) is 1.65. The third-order valence-corrected chi connectivity index (χ3v) is 4.77. The standard InChI is InChI=1S/C12H9Br2NO2S/c1-5-9(15)11(12(16)17)18-10(5)6-2-7(13)4-8(14)3-6/h2-4H,15H2,1H3,(H,16,17). The highest BCUT2D eigenvalue weighted by atomic mass is 79.9. The zero-order valence-electron chi connectivity index (χ0n) is 9.33. The van der Waals surface area contributed by atoms with Crippen LogP contribution in [0.2, 0.25) is 0 Å². The molecule has 6 heteroatoms. The maximum atomic E-state index is 11.1. The summed E-state index contributed by atoms with van der Waals surface area (Å²) in [5, 5.41) is 9.07. The number of benzene rings is 1. The van der Waals surface area contributed by atoms with Gasteiger partial charge in [-0.15, -0.1) is 11.3 Å². The van der Waals surface area contributed by atoms with Crippen molar-refractivity contribution < 1.29 is 9.90 Å². The van der Waals surface area contributed by atoms with Gasteiger partial charge in [0.1, 0.15) is 4.88 Å². The predicted octanol–water partition coefficient (Wildman–Crippen LogP) is 4.53. The Labute approximate surface area is 125 Å². The average Bonchev–Trinajstić information content (AvgIpc) is 2.55. The SMILES string of the molecule is Cc1c(-c2cc(Br)cc(Br)c2)sc(C(=O)O)c1N. The number of rotatable bonds is 2. The van der Waals surface area contributed by atoms with E-state index in [2.05, 4.69) is 31.9 Å². The normalized spacial score (nSPS) is 10.6. The van der Waals surface area contributed by atoms with Crippen molar-refractivity contribution in [2.45, 2.75) is 6.92 Å². The fourth-order valence-corrected chi connectivity index (χ4v) is 3.99. The molecule has 1 aromatic carbocycles. The fraction of sp³-hybridized carbons (Fsp3) is 0.0833. The van der Waals surface area contributed by atoms with Gasteiger partial charge in [-0.1, -0.05) is 31.9 Å². The minimum Gasteiger partial charge on any atom is -0.477 e. The summed E-state index contributed by atoms with van der Waals surface area (Å²) in [6.45, 7) is 1.84. The second-order valence-electron chi connectivity index (χ2n) is 3.76. The summed E-state index contributed by atoms with van der Waals surface area (Å²) in [5.41, 5.74) is 7.92. The Hall–Kier alpha value is -0.850. The van der Waals surface area contributed by atoms with Crippen LogP contribution in [0.4, 0.5) is 5.69 Å². The van der Waals surface area contributed by atoms with E-state index in [1.807, 2.05) is 25.1 Å². The lowest BCUT2D eigenvalue weighted by molar-refractivity contribution is 0.0703. The molecule has 1 heterocycles. The molecular formula is C12H9Br2NO2S. The molecule has 0 aliphatic rings. The molecule has 0 saturated carbocycles. The van der Waals surface area contributed by atoms with E-state index in [1.54, 1.807) is 0 Å². The Morgan fingerprint density at radius 2 is 1.83 bits per heavy atom. The topological polar surface area (TPSA) is 63.3 Å². The van der Waals surface area contributed by atoms with Crippen LogP contribution in [0, 0.1) is 6.92 Å². The monoisotopic (exact) mass is 389 g/mol. The van der Waals surface area contributed by atoms with E-state index in [4.69, 9.17) is 10.8 Å². The Morgan fingerprint density at radius 3 is 2.28 bits per heavy atom. The third kappa shape index (κ3) is 2.46. The Kier molecular flexibility index (Phi) is 3.79. The van der Waals surface area contributed by atoms with E-state index in [-0.39, 0.29) is 4.88 Å². The van der Waals surface area contributed by atoms with Crippen molar-refractivity contribution in [2.24, 2.45) is 0 Å². The molecule has 3 nitrogen and oxygen atoms in total. The molecule has 0 amide bonds. The molecule has 0 unspecified atom stereocenters. The van der Waals surface area contributed by atoms with Gasteiger partial charge < -0.3 is 10.8 Å². The highest BCUT2D eigenvalue weighted by molar-refractivity contribution is 9.11. The number of hydrogen-bond donors (Lipinski definition) is 2. The number of anilines is 1. The molecule has 0 aliphatic heterocycles. The number of carboxylic acid groups (broad SMARTS) is 1. The van der Waals surface area contributed by atoms with Gasteiger partial charge in [-0.05, 0) is 36.2 Å². The zero-order valence-corrected chi connectivity index (χ0v) is 13.3. The highest BCUT2D eigenvalue weighted by Gasteiger charge is 2.19. The van der Waals surface area contributed by atoms with Crippen LogP contribution in [0.15, 0.2) is 27.1 Å². The van der Waals surface area contributed by atoms with Crippen molar-refractivity contribution in [2.75, 3.05) is 5.73 Å². The molecule has 0 aliphatic carbocycles. The lowest BCUT2D eigenvalue weighted by Gasteiger charge is -2.02. The minimum absolute atomic E-state index is 0.193. The lowest BCUT2D eigenvalue weighted by Crippen LogP contribution is -1.97. The Morgan fingerprint density at radius 1 is 1.28 bits per heavy atom. The van der Waals surface area contributed by atoms with E-state index in [0.717, 1.165) is 24.9 Å². The van der Waals surface area contributed by atoms with Crippen LogP contribution in [0.25, 0.3) is 10.4 Å². The molecule has 0 atom stereocenters. The lowest BCUT2D eigenvalue weighted by atomic mass is 10.1. The summed E-state index contributed by atoms with van der Waals surface area (Å²) in [4.78, 5) is 12.1. The molecule has 18 heavy (non-hydrogen) atoms. The van der Waals surface area contributed by atoms with Gasteiger partial charge in [-0.25, -0.2) is 4.79 Å². The number of nitrogens with two attached hydrogens (primary N) is 1. The first kappa shape index (κ1) is 13.6. The Bertz CT molecular complexity index is 617. The molecule has 94 valence electrons. The summed E-state index contributed by atoms with van der Waals surface area (Å²) in [7, 11) is 0. The van der Waals surface area contributed by atoms with Crippen LogP contribution in [0.3, 0.4) is 0 Å². The highest BCUT2D eigenvalue weighted by Crippen LogP contribution is 2.39. The molecular weight excluding hydrogens is 382 g/mol. The van der Waals surface area contributed by atoms with Crippen molar-refractivity contribution in [3.63, 3.8) is 0 Å². The number of carboxylic acids is 1. The Balaban J connectivity index is 2.64. The van der Waals surface area contributed by atoms with Crippen LogP contribution >= 0.6 is 43.2 Å². The first-order valence-electron chi connectivity index (χ1n) is 4.98. The molecule has 0 bridgehead atoms. The quantitative estimate of drug-likeness (QED) is 0.791. The van der Waals surface area contributed by atoms with Crippen LogP contribution in [-0.2, 0) is 0 Å². The van der Waals surface area contributed by atoms with Gasteiger partial charge in [0.25, 0.3) is 0 Å². The van der Waals surface area contributed by atoms with Gasteiger partial charge in [0.05, 0.1) is 5.69 Å². The van der Waals surface area contributed by atoms with Crippen LogP contribution in [0.1, 0.15) is 15.2 Å². The molecule has 0 radical (unpaired) electrons. The van der Waals surface area contributed by atoms with E-state index in [0.29, 0.717) is 5.69 Å². The smallest absolute Gasteiger partial charge is 0.348 e. The molecule has 0 spiro atoms. The largest absolute Gasteiger partial charge is 0.477 e. The molecule has 2 rings (SSSR count). The van der Waals surface area contributed by atoms with Crippen LogP contribution < -0.4 is 5.73 Å². The average molecular weight is 391 g/mol. The maximum absolute atomic E-state index is 11.1. The van der Waals surface area contributed by atoms with Gasteiger partial charge in [0.15, 0.2) is 0 Å². The van der Waals surface area contributed by atoms with Crippen LogP contribution in [0.5, 0.6) is 0 Å². The summed E-state index contributed by atoms with van der Waals surface area (Å²) >= 11 is 8.03. The number of aromatic carboxylic acids is 1. The van der Waals surface area contributed by atoms with Gasteiger partial charge in [-0.2, -0.15) is 0 Å². The predicted molar refractivity (Wildman–Crippen MR) is 81.3 cm³/mol. The molecule has 3 N–H and O–H groups in total. The van der Waals surface area contributed by atoms with Gasteiger partial charge in [0.2, 0.25) is 0 Å². The number of nitrogen functional groups attached to an aromatic ring is 1. The summed E-state index contributed by atoms with van der Waals surface area (Å²) in [6.07, 6.45) is 0. The molecule has 1 aromatic heterocycles. The van der Waals surface area contributed by atoms with Crippen molar-refractivity contribution in [1.82, 2.24) is 0 Å². The third-order valence-electron chi connectivity index (χ3n) is 2.51. The number of carbonyl (C=O) groups is 1. The van der Waals surface area contributed by atoms with E-state index < -0.39 is 5.97 Å². The number of hydrogen-bond acceptors (Lipinski definition) is 3. The van der Waals surface area contributed by atoms with Gasteiger partial charge in [0, 0.05) is 13.8 Å². The number of halogens is 2. The first-order chi connectivity index (χ1) is 8.40.